The van der Waals surface area contributed by atoms with E-state index < -0.39 is 0 Å². The minimum Gasteiger partial charge on any atom is -0.497 e. The summed E-state index contributed by atoms with van der Waals surface area (Å²) in [6.07, 6.45) is 3.83. The molecule has 0 spiro atoms. The number of amides is 1. The van der Waals surface area contributed by atoms with Crippen LogP contribution in [0.1, 0.15) is 19.3 Å². The van der Waals surface area contributed by atoms with Crippen molar-refractivity contribution in [1.82, 2.24) is 5.32 Å². The van der Waals surface area contributed by atoms with Crippen LogP contribution in [0.3, 0.4) is 0 Å². The number of anilines is 1. The summed E-state index contributed by atoms with van der Waals surface area (Å²) in [5, 5.41) is 6.21. The van der Waals surface area contributed by atoms with Gasteiger partial charge in [0.05, 0.1) is 19.8 Å². The van der Waals surface area contributed by atoms with Crippen LogP contribution in [0.4, 0.5) is 5.69 Å². The van der Waals surface area contributed by atoms with Gasteiger partial charge in [0.1, 0.15) is 5.75 Å². The van der Waals surface area contributed by atoms with E-state index in [4.69, 9.17) is 9.47 Å². The van der Waals surface area contributed by atoms with Gasteiger partial charge in [-0.3, -0.25) is 4.79 Å². The van der Waals surface area contributed by atoms with Crippen molar-refractivity contribution in [2.45, 2.75) is 31.4 Å². The molecule has 21 heavy (non-hydrogen) atoms. The highest BCUT2D eigenvalue weighted by Crippen LogP contribution is 2.38. The van der Waals surface area contributed by atoms with Crippen LogP contribution in [-0.4, -0.2) is 38.3 Å². The highest BCUT2D eigenvalue weighted by molar-refractivity contribution is 5.92. The van der Waals surface area contributed by atoms with Crippen molar-refractivity contribution in [2.75, 3.05) is 25.6 Å². The quantitative estimate of drug-likeness (QED) is 0.838. The molecule has 1 aliphatic carbocycles. The fraction of sp³-hybridized carbons (Fsp3) is 0.562. The Kier molecular flexibility index (Phi) is 4.41. The van der Waals surface area contributed by atoms with Crippen molar-refractivity contribution >= 4 is 11.6 Å². The number of benzene rings is 1. The second-order valence-corrected chi connectivity index (χ2v) is 5.73. The predicted octanol–water partition coefficient (Wildman–Crippen LogP) is 1.79. The standard InChI is InChI=1S/C16H22N2O3/c1-20-13-6-4-12(5-7-13)18-15(19)10-17-14-8-9-21-16(14)11-2-3-11/h4-7,11,14,16-17H,2-3,8-10H2,1H3,(H,18,19)/t14-,16+/m0/s1. The molecule has 2 atom stereocenters. The van der Waals surface area contributed by atoms with Crippen LogP contribution in [0.15, 0.2) is 24.3 Å². The highest BCUT2D eigenvalue weighted by Gasteiger charge is 2.40. The molecule has 2 fully saturated rings. The first kappa shape index (κ1) is 14.4. The van der Waals surface area contributed by atoms with Crippen LogP contribution in [0.5, 0.6) is 5.75 Å². The fourth-order valence-corrected chi connectivity index (χ4v) is 2.82. The first-order valence-electron chi connectivity index (χ1n) is 7.55. The number of hydrogen-bond acceptors (Lipinski definition) is 4. The molecule has 1 saturated carbocycles. The fourth-order valence-electron chi connectivity index (χ4n) is 2.82. The topological polar surface area (TPSA) is 59.6 Å². The summed E-state index contributed by atoms with van der Waals surface area (Å²) in [5.41, 5.74) is 0.781. The third-order valence-electron chi connectivity index (χ3n) is 4.12. The lowest BCUT2D eigenvalue weighted by Crippen LogP contribution is -2.41. The summed E-state index contributed by atoms with van der Waals surface area (Å²) < 4.78 is 10.8. The Hall–Kier alpha value is -1.59. The summed E-state index contributed by atoms with van der Waals surface area (Å²) >= 11 is 0. The Morgan fingerprint density at radius 1 is 1.29 bits per heavy atom. The summed E-state index contributed by atoms with van der Waals surface area (Å²) in [4.78, 5) is 12.0. The number of ether oxygens (including phenoxy) is 2. The van der Waals surface area contributed by atoms with Gasteiger partial charge >= 0.3 is 0 Å². The van der Waals surface area contributed by atoms with Gasteiger partial charge in [0.2, 0.25) is 5.91 Å². The Balaban J connectivity index is 1.45. The number of carbonyl (C=O) groups excluding carboxylic acids is 1. The van der Waals surface area contributed by atoms with Crippen LogP contribution in [-0.2, 0) is 9.53 Å². The van der Waals surface area contributed by atoms with Crippen molar-refractivity contribution in [1.29, 1.82) is 0 Å². The Morgan fingerprint density at radius 2 is 2.05 bits per heavy atom. The molecule has 1 aromatic carbocycles. The molecule has 1 aromatic rings. The minimum atomic E-state index is -0.0263. The van der Waals surface area contributed by atoms with Gasteiger partial charge in [-0.1, -0.05) is 0 Å². The number of hydrogen-bond donors (Lipinski definition) is 2. The van der Waals surface area contributed by atoms with Gasteiger partial charge in [-0.15, -0.1) is 0 Å². The summed E-state index contributed by atoms with van der Waals surface area (Å²) in [6, 6.07) is 7.65. The molecule has 1 saturated heterocycles. The van der Waals surface area contributed by atoms with Crippen LogP contribution >= 0.6 is 0 Å². The van der Waals surface area contributed by atoms with Gasteiger partial charge in [0, 0.05) is 18.3 Å². The lowest BCUT2D eigenvalue weighted by Gasteiger charge is -2.19. The predicted molar refractivity (Wildman–Crippen MR) is 80.5 cm³/mol. The van der Waals surface area contributed by atoms with Crippen LogP contribution in [0.2, 0.25) is 0 Å². The maximum atomic E-state index is 12.0. The van der Waals surface area contributed by atoms with E-state index in [0.717, 1.165) is 24.5 Å². The molecule has 1 aliphatic heterocycles. The average Bonchev–Trinajstić information content (AvgIpc) is 3.24. The smallest absolute Gasteiger partial charge is 0.238 e. The number of methoxy groups -OCH3 is 1. The van der Waals surface area contributed by atoms with E-state index in [-0.39, 0.29) is 5.91 Å². The molecular weight excluding hydrogens is 268 g/mol. The zero-order chi connectivity index (χ0) is 14.7. The Labute approximate surface area is 125 Å². The molecule has 2 N–H and O–H groups in total. The molecule has 5 nitrogen and oxygen atoms in total. The van der Waals surface area contributed by atoms with Gasteiger partial charge < -0.3 is 20.1 Å². The first-order chi connectivity index (χ1) is 10.3. The van der Waals surface area contributed by atoms with Gasteiger partial charge in [0.25, 0.3) is 0 Å². The number of nitrogens with one attached hydrogen (secondary N) is 2. The number of rotatable bonds is 6. The summed E-state index contributed by atoms with van der Waals surface area (Å²) in [6.45, 7) is 1.13. The molecule has 0 unspecified atom stereocenters. The van der Waals surface area contributed by atoms with E-state index in [1.807, 2.05) is 24.3 Å². The third-order valence-corrected chi connectivity index (χ3v) is 4.12. The van der Waals surface area contributed by atoms with Gasteiger partial charge in [0.15, 0.2) is 0 Å². The van der Waals surface area contributed by atoms with E-state index in [2.05, 4.69) is 10.6 Å². The highest BCUT2D eigenvalue weighted by atomic mass is 16.5. The zero-order valence-electron chi connectivity index (χ0n) is 12.3. The van der Waals surface area contributed by atoms with Crippen molar-refractivity contribution < 1.29 is 14.3 Å². The van der Waals surface area contributed by atoms with Gasteiger partial charge in [-0.05, 0) is 49.4 Å². The second-order valence-electron chi connectivity index (χ2n) is 5.73. The largest absolute Gasteiger partial charge is 0.497 e. The van der Waals surface area contributed by atoms with E-state index in [1.165, 1.54) is 12.8 Å². The second kappa shape index (κ2) is 6.45. The van der Waals surface area contributed by atoms with Crippen LogP contribution < -0.4 is 15.4 Å². The van der Waals surface area contributed by atoms with Crippen LogP contribution in [0, 0.1) is 5.92 Å². The average molecular weight is 290 g/mol. The SMILES string of the molecule is COc1ccc(NC(=O)CN[C@H]2CCO[C@@H]2C2CC2)cc1. The molecule has 0 radical (unpaired) electrons. The van der Waals surface area contributed by atoms with Crippen LogP contribution in [0.25, 0.3) is 0 Å². The molecule has 3 rings (SSSR count). The third kappa shape index (κ3) is 3.74. The lowest BCUT2D eigenvalue weighted by atomic mass is 10.1. The normalized spacial score (nSPS) is 24.8. The maximum Gasteiger partial charge on any atom is 0.238 e. The zero-order valence-corrected chi connectivity index (χ0v) is 12.3. The molecule has 0 aromatic heterocycles. The summed E-state index contributed by atoms with van der Waals surface area (Å²) in [7, 11) is 1.62. The van der Waals surface area contributed by atoms with Crippen molar-refractivity contribution in [3.8, 4) is 5.75 Å². The van der Waals surface area contributed by atoms with Crippen molar-refractivity contribution in [3.63, 3.8) is 0 Å². The Bertz CT molecular complexity index is 485. The van der Waals surface area contributed by atoms with E-state index >= 15 is 0 Å². The van der Waals surface area contributed by atoms with Gasteiger partial charge in [-0.25, -0.2) is 0 Å². The molecule has 1 heterocycles. The van der Waals surface area contributed by atoms with Crippen molar-refractivity contribution in [2.24, 2.45) is 5.92 Å². The van der Waals surface area contributed by atoms with E-state index in [1.54, 1.807) is 7.11 Å². The molecule has 1 amide bonds. The Morgan fingerprint density at radius 3 is 2.71 bits per heavy atom. The first-order valence-corrected chi connectivity index (χ1v) is 7.55. The lowest BCUT2D eigenvalue weighted by molar-refractivity contribution is -0.115. The molecular formula is C16H22N2O3. The monoisotopic (exact) mass is 290 g/mol. The molecule has 5 heteroatoms. The van der Waals surface area contributed by atoms with Crippen molar-refractivity contribution in [3.05, 3.63) is 24.3 Å². The van der Waals surface area contributed by atoms with E-state index in [0.29, 0.717) is 24.6 Å². The van der Waals surface area contributed by atoms with E-state index in [9.17, 15) is 4.79 Å². The molecule has 0 bridgehead atoms. The van der Waals surface area contributed by atoms with Gasteiger partial charge in [-0.2, -0.15) is 0 Å². The number of carbonyl (C=O) groups is 1. The maximum absolute atomic E-state index is 12.0. The molecule has 2 aliphatic rings. The summed E-state index contributed by atoms with van der Waals surface area (Å²) in [5.74, 6) is 1.46. The minimum absolute atomic E-state index is 0.0263. The molecule has 114 valence electrons.